The molecule has 0 bridgehead atoms. The third-order valence-corrected chi connectivity index (χ3v) is 2.86. The second-order valence-corrected chi connectivity index (χ2v) is 4.73. The molecule has 0 aliphatic heterocycles. The minimum atomic E-state index is -0.993. The van der Waals surface area contributed by atoms with E-state index in [0.29, 0.717) is 0 Å². The van der Waals surface area contributed by atoms with Gasteiger partial charge in [0.1, 0.15) is 0 Å². The third-order valence-electron chi connectivity index (χ3n) is 2.86. The molecule has 0 heterocycles. The first-order valence-electron chi connectivity index (χ1n) is 6.08. The number of carboxylic acids is 1. The summed E-state index contributed by atoms with van der Waals surface area (Å²) >= 11 is 0. The van der Waals surface area contributed by atoms with Crippen molar-refractivity contribution < 1.29 is 19.6 Å². The SMILES string of the molecule is CC(C)C(CC(=O)O)NC(=O)c1ccc([N+](=O)[O-])cc1. The molecule has 1 atom stereocenters. The maximum atomic E-state index is 11.9. The fourth-order valence-electron chi connectivity index (χ4n) is 1.63. The number of hydrogen-bond donors (Lipinski definition) is 2. The van der Waals surface area contributed by atoms with Gasteiger partial charge in [0.05, 0.1) is 11.3 Å². The molecule has 108 valence electrons. The number of nitro benzene ring substituents is 1. The van der Waals surface area contributed by atoms with Crippen LogP contribution in [0.3, 0.4) is 0 Å². The number of hydrogen-bond acceptors (Lipinski definition) is 4. The average Bonchev–Trinajstić information content (AvgIpc) is 2.37. The van der Waals surface area contributed by atoms with Gasteiger partial charge in [0.15, 0.2) is 0 Å². The molecule has 20 heavy (non-hydrogen) atoms. The van der Waals surface area contributed by atoms with Crippen LogP contribution in [0.15, 0.2) is 24.3 Å². The second kappa shape index (κ2) is 6.65. The molecule has 0 saturated heterocycles. The number of carboxylic acid groups (broad SMARTS) is 1. The van der Waals surface area contributed by atoms with E-state index in [0.717, 1.165) is 0 Å². The van der Waals surface area contributed by atoms with Gasteiger partial charge >= 0.3 is 5.97 Å². The van der Waals surface area contributed by atoms with E-state index in [-0.39, 0.29) is 23.6 Å². The van der Waals surface area contributed by atoms with E-state index in [2.05, 4.69) is 5.32 Å². The van der Waals surface area contributed by atoms with Crippen LogP contribution in [0.4, 0.5) is 5.69 Å². The molecule has 7 heteroatoms. The summed E-state index contributed by atoms with van der Waals surface area (Å²) in [6.45, 7) is 3.62. The number of carbonyl (C=O) groups is 2. The molecule has 0 aliphatic rings. The highest BCUT2D eigenvalue weighted by atomic mass is 16.6. The summed E-state index contributed by atoms with van der Waals surface area (Å²) in [5.74, 6) is -1.47. The first-order valence-corrected chi connectivity index (χ1v) is 6.08. The zero-order chi connectivity index (χ0) is 15.3. The molecule has 1 amide bonds. The fourth-order valence-corrected chi connectivity index (χ4v) is 1.63. The Morgan fingerprint density at radius 1 is 1.30 bits per heavy atom. The van der Waals surface area contributed by atoms with E-state index >= 15 is 0 Å². The number of carbonyl (C=O) groups excluding carboxylic acids is 1. The van der Waals surface area contributed by atoms with Crippen molar-refractivity contribution in [3.05, 3.63) is 39.9 Å². The zero-order valence-corrected chi connectivity index (χ0v) is 11.2. The van der Waals surface area contributed by atoms with Crippen LogP contribution in [0.5, 0.6) is 0 Å². The normalized spacial score (nSPS) is 11.9. The van der Waals surface area contributed by atoms with E-state index in [9.17, 15) is 19.7 Å². The first kappa shape index (κ1) is 15.6. The molecular weight excluding hydrogens is 264 g/mol. The number of benzene rings is 1. The van der Waals surface area contributed by atoms with E-state index in [1.807, 2.05) is 13.8 Å². The predicted octanol–water partition coefficient (Wildman–Crippen LogP) is 1.82. The number of amides is 1. The Morgan fingerprint density at radius 3 is 2.25 bits per heavy atom. The van der Waals surface area contributed by atoms with Crippen molar-refractivity contribution in [2.45, 2.75) is 26.3 Å². The quantitative estimate of drug-likeness (QED) is 0.610. The van der Waals surface area contributed by atoms with Crippen LogP contribution in [-0.4, -0.2) is 27.9 Å². The molecule has 0 fully saturated rings. The molecule has 2 N–H and O–H groups in total. The molecule has 0 spiro atoms. The van der Waals surface area contributed by atoms with Crippen molar-refractivity contribution in [2.75, 3.05) is 0 Å². The maximum absolute atomic E-state index is 11.9. The van der Waals surface area contributed by atoms with Gasteiger partial charge in [-0.2, -0.15) is 0 Å². The smallest absolute Gasteiger partial charge is 0.305 e. The van der Waals surface area contributed by atoms with Gasteiger partial charge in [-0.15, -0.1) is 0 Å². The van der Waals surface area contributed by atoms with Gasteiger partial charge in [-0.1, -0.05) is 13.8 Å². The summed E-state index contributed by atoms with van der Waals surface area (Å²) in [6, 6.07) is 4.65. The van der Waals surface area contributed by atoms with Crippen LogP contribution in [0.2, 0.25) is 0 Å². The Bertz CT molecular complexity index is 510. The lowest BCUT2D eigenvalue weighted by Gasteiger charge is -2.20. The van der Waals surface area contributed by atoms with Crippen molar-refractivity contribution in [3.8, 4) is 0 Å². The highest BCUT2D eigenvalue weighted by Gasteiger charge is 2.20. The lowest BCUT2D eigenvalue weighted by atomic mass is 10.0. The summed E-state index contributed by atoms with van der Waals surface area (Å²) in [5.41, 5.74) is 0.152. The fraction of sp³-hybridized carbons (Fsp3) is 0.385. The second-order valence-electron chi connectivity index (χ2n) is 4.73. The van der Waals surface area contributed by atoms with Crippen molar-refractivity contribution in [2.24, 2.45) is 5.92 Å². The maximum Gasteiger partial charge on any atom is 0.305 e. The Hall–Kier alpha value is -2.44. The molecule has 0 aliphatic carbocycles. The van der Waals surface area contributed by atoms with E-state index in [4.69, 9.17) is 5.11 Å². The Morgan fingerprint density at radius 2 is 1.85 bits per heavy atom. The summed E-state index contributed by atoms with van der Waals surface area (Å²) in [5, 5.41) is 21.9. The highest BCUT2D eigenvalue weighted by Crippen LogP contribution is 2.13. The molecule has 0 aromatic heterocycles. The monoisotopic (exact) mass is 280 g/mol. The zero-order valence-electron chi connectivity index (χ0n) is 11.2. The topological polar surface area (TPSA) is 110 Å². The lowest BCUT2D eigenvalue weighted by molar-refractivity contribution is -0.384. The van der Waals surface area contributed by atoms with E-state index in [1.165, 1.54) is 24.3 Å². The Kier molecular flexibility index (Phi) is 5.19. The van der Waals surface area contributed by atoms with Crippen molar-refractivity contribution >= 4 is 17.6 Å². The largest absolute Gasteiger partial charge is 0.481 e. The minimum Gasteiger partial charge on any atom is -0.481 e. The van der Waals surface area contributed by atoms with Gasteiger partial charge in [-0.3, -0.25) is 19.7 Å². The van der Waals surface area contributed by atoms with Gasteiger partial charge in [0.2, 0.25) is 0 Å². The van der Waals surface area contributed by atoms with E-state index < -0.39 is 22.8 Å². The number of nitrogens with one attached hydrogen (secondary N) is 1. The van der Waals surface area contributed by atoms with Gasteiger partial charge in [0, 0.05) is 23.7 Å². The van der Waals surface area contributed by atoms with Gasteiger partial charge in [-0.25, -0.2) is 0 Å². The van der Waals surface area contributed by atoms with E-state index in [1.54, 1.807) is 0 Å². The summed E-state index contributed by atoms with van der Waals surface area (Å²) in [7, 11) is 0. The highest BCUT2D eigenvalue weighted by molar-refractivity contribution is 5.94. The molecule has 0 saturated carbocycles. The lowest BCUT2D eigenvalue weighted by Crippen LogP contribution is -2.40. The molecular formula is C13H16N2O5. The Balaban J connectivity index is 2.78. The third kappa shape index (κ3) is 4.34. The molecule has 1 aromatic rings. The van der Waals surface area contributed by atoms with Crippen LogP contribution in [0.1, 0.15) is 30.6 Å². The van der Waals surface area contributed by atoms with Crippen molar-refractivity contribution in [1.82, 2.24) is 5.32 Å². The standard InChI is InChI=1S/C13H16N2O5/c1-8(2)11(7-12(16)17)14-13(18)9-3-5-10(6-4-9)15(19)20/h3-6,8,11H,7H2,1-2H3,(H,14,18)(H,16,17). The van der Waals surface area contributed by atoms with Crippen LogP contribution in [0, 0.1) is 16.0 Å². The van der Waals surface area contributed by atoms with Crippen molar-refractivity contribution in [1.29, 1.82) is 0 Å². The number of nitrogens with zero attached hydrogens (tertiary/aromatic N) is 1. The number of nitro groups is 1. The molecule has 1 unspecified atom stereocenters. The molecule has 1 aromatic carbocycles. The van der Waals surface area contributed by atoms with Gasteiger partial charge < -0.3 is 10.4 Å². The van der Waals surface area contributed by atoms with Crippen LogP contribution < -0.4 is 5.32 Å². The molecule has 0 radical (unpaired) electrons. The van der Waals surface area contributed by atoms with Crippen LogP contribution in [0.25, 0.3) is 0 Å². The first-order chi connectivity index (χ1) is 9.31. The van der Waals surface area contributed by atoms with Crippen molar-refractivity contribution in [3.63, 3.8) is 0 Å². The molecule has 7 nitrogen and oxygen atoms in total. The predicted molar refractivity (Wildman–Crippen MR) is 71.4 cm³/mol. The number of non-ortho nitro benzene ring substituents is 1. The van der Waals surface area contributed by atoms with Crippen LogP contribution in [-0.2, 0) is 4.79 Å². The molecule has 1 rings (SSSR count). The minimum absolute atomic E-state index is 0.0342. The average molecular weight is 280 g/mol. The summed E-state index contributed by atoms with van der Waals surface area (Å²) in [4.78, 5) is 32.6. The Labute approximate surface area is 115 Å². The van der Waals surface area contributed by atoms with Crippen LogP contribution >= 0.6 is 0 Å². The summed E-state index contributed by atoms with van der Waals surface area (Å²) < 4.78 is 0. The summed E-state index contributed by atoms with van der Waals surface area (Å²) in [6.07, 6.45) is -0.170. The van der Waals surface area contributed by atoms with Gasteiger partial charge in [-0.05, 0) is 18.1 Å². The number of rotatable bonds is 6. The van der Waals surface area contributed by atoms with Gasteiger partial charge in [0.25, 0.3) is 11.6 Å². The number of aliphatic carboxylic acids is 1.